The Morgan fingerprint density at radius 2 is 0.846 bits per heavy atom. The first kappa shape index (κ1) is 16.5. The Balaban J connectivity index is 1.94. The van der Waals surface area contributed by atoms with Crippen molar-refractivity contribution in [1.82, 2.24) is 0 Å². The maximum atomic E-state index is 10.2. The lowest BCUT2D eigenvalue weighted by atomic mass is 9.99. The smallest absolute Gasteiger partial charge is 0.127 e. The Labute approximate surface area is 157 Å². The summed E-state index contributed by atoms with van der Waals surface area (Å²) >= 11 is 2.93. The van der Waals surface area contributed by atoms with E-state index < -0.39 is 0 Å². The number of rotatable bonds is 3. The van der Waals surface area contributed by atoms with Crippen LogP contribution in [0.2, 0.25) is 0 Å². The molecule has 4 rings (SSSR count). The zero-order chi connectivity index (χ0) is 18.3. The molecule has 4 nitrogen and oxygen atoms in total. The number of thiophene rings is 2. The number of benzene rings is 2. The highest BCUT2D eigenvalue weighted by atomic mass is 32.1. The lowest BCUT2D eigenvalue weighted by Gasteiger charge is -2.11. The lowest BCUT2D eigenvalue weighted by Crippen LogP contribution is -1.84. The fourth-order valence-corrected chi connectivity index (χ4v) is 4.97. The van der Waals surface area contributed by atoms with Crippen molar-refractivity contribution < 1.29 is 20.4 Å². The Morgan fingerprint density at radius 3 is 1.19 bits per heavy atom. The van der Waals surface area contributed by atoms with Gasteiger partial charge in [-0.2, -0.15) is 0 Å². The fourth-order valence-electron chi connectivity index (χ4n) is 2.97. The van der Waals surface area contributed by atoms with Gasteiger partial charge in [0.15, 0.2) is 0 Å². The molecule has 4 N–H and O–H groups in total. The monoisotopic (exact) mass is 382 g/mol. The number of hydrogen-bond acceptors (Lipinski definition) is 6. The van der Waals surface area contributed by atoms with E-state index in [1.54, 1.807) is 12.1 Å². The van der Waals surface area contributed by atoms with Gasteiger partial charge in [0.05, 0.1) is 20.9 Å². The molecule has 0 spiro atoms. The van der Waals surface area contributed by atoms with Crippen LogP contribution in [-0.2, 0) is 0 Å². The average molecular weight is 382 g/mol. The van der Waals surface area contributed by atoms with Crippen molar-refractivity contribution in [3.63, 3.8) is 0 Å². The Kier molecular flexibility index (Phi) is 4.06. The van der Waals surface area contributed by atoms with E-state index in [-0.39, 0.29) is 23.0 Å². The van der Waals surface area contributed by atoms with Crippen molar-refractivity contribution in [2.75, 3.05) is 0 Å². The summed E-state index contributed by atoms with van der Waals surface area (Å²) in [5.74, 6) is -0.0253. The second-order valence-electron chi connectivity index (χ2n) is 5.67. The predicted molar refractivity (Wildman–Crippen MR) is 105 cm³/mol. The molecule has 0 radical (unpaired) electrons. The first-order valence-electron chi connectivity index (χ1n) is 7.76. The van der Waals surface area contributed by atoms with Gasteiger partial charge in [0.2, 0.25) is 0 Å². The van der Waals surface area contributed by atoms with E-state index >= 15 is 0 Å². The van der Waals surface area contributed by atoms with Crippen molar-refractivity contribution in [2.24, 2.45) is 0 Å². The first-order chi connectivity index (χ1) is 12.6. The minimum absolute atomic E-state index is 0.00633. The molecule has 2 aromatic heterocycles. The van der Waals surface area contributed by atoms with Crippen LogP contribution in [0.1, 0.15) is 0 Å². The van der Waals surface area contributed by atoms with Crippen molar-refractivity contribution in [3.8, 4) is 55.0 Å². The maximum Gasteiger partial charge on any atom is 0.127 e. The third-order valence-electron chi connectivity index (χ3n) is 4.12. The van der Waals surface area contributed by atoms with Crippen LogP contribution >= 0.6 is 22.7 Å². The van der Waals surface area contributed by atoms with E-state index in [0.717, 1.165) is 9.75 Å². The summed E-state index contributed by atoms with van der Waals surface area (Å²) in [6, 6.07) is 12.9. The Bertz CT molecular complexity index is 967. The number of phenols is 4. The molecule has 0 amide bonds. The van der Waals surface area contributed by atoms with Crippen LogP contribution in [0.3, 0.4) is 0 Å². The molecule has 4 aromatic rings. The van der Waals surface area contributed by atoms with Crippen LogP contribution < -0.4 is 0 Å². The highest BCUT2D eigenvalue weighted by Crippen LogP contribution is 2.50. The second-order valence-corrected chi connectivity index (χ2v) is 7.50. The molecular weight excluding hydrogens is 368 g/mol. The molecule has 26 heavy (non-hydrogen) atoms. The van der Waals surface area contributed by atoms with E-state index in [1.807, 2.05) is 22.9 Å². The largest absolute Gasteiger partial charge is 0.507 e. The van der Waals surface area contributed by atoms with Crippen LogP contribution in [0.25, 0.3) is 32.0 Å². The minimum atomic E-state index is -0.00633. The minimum Gasteiger partial charge on any atom is -0.507 e. The molecule has 0 bridgehead atoms. The van der Waals surface area contributed by atoms with Crippen LogP contribution in [0, 0.1) is 0 Å². The maximum absolute atomic E-state index is 10.2. The third-order valence-corrected chi connectivity index (χ3v) is 6.11. The topological polar surface area (TPSA) is 80.9 Å². The quantitative estimate of drug-likeness (QED) is 0.370. The van der Waals surface area contributed by atoms with Gasteiger partial charge in [0.1, 0.15) is 23.0 Å². The van der Waals surface area contributed by atoms with Crippen LogP contribution in [0.5, 0.6) is 23.0 Å². The van der Waals surface area contributed by atoms with Gasteiger partial charge in [-0.1, -0.05) is 12.1 Å². The standard InChI is InChI=1S/C20H14O4S2/c21-13-3-1-4-14(22)17(13)11-7-9-25-19(11)20-12(8-10-26-20)18-15(23)5-2-6-16(18)24/h1-10,21-24H. The summed E-state index contributed by atoms with van der Waals surface area (Å²) in [7, 11) is 0. The number of hydrogen-bond donors (Lipinski definition) is 4. The third kappa shape index (κ3) is 2.60. The molecular formula is C20H14O4S2. The summed E-state index contributed by atoms with van der Waals surface area (Å²) in [6.07, 6.45) is 0. The number of aromatic hydroxyl groups is 4. The van der Waals surface area contributed by atoms with Gasteiger partial charge in [-0.15, -0.1) is 22.7 Å². The lowest BCUT2D eigenvalue weighted by molar-refractivity contribution is 0.453. The van der Waals surface area contributed by atoms with Crippen molar-refractivity contribution in [3.05, 3.63) is 59.3 Å². The molecule has 0 aliphatic rings. The van der Waals surface area contributed by atoms with Crippen molar-refractivity contribution in [1.29, 1.82) is 0 Å². The fraction of sp³-hybridized carbons (Fsp3) is 0. The van der Waals surface area contributed by atoms with Crippen LogP contribution in [0.4, 0.5) is 0 Å². The number of phenolic OH excluding ortho intramolecular Hbond substituents is 4. The van der Waals surface area contributed by atoms with Gasteiger partial charge in [0, 0.05) is 11.1 Å². The van der Waals surface area contributed by atoms with Gasteiger partial charge >= 0.3 is 0 Å². The van der Waals surface area contributed by atoms with Gasteiger partial charge in [-0.3, -0.25) is 0 Å². The molecule has 6 heteroatoms. The summed E-state index contributed by atoms with van der Waals surface area (Å²) < 4.78 is 0. The van der Waals surface area contributed by atoms with Gasteiger partial charge in [0.25, 0.3) is 0 Å². The summed E-state index contributed by atoms with van der Waals surface area (Å²) in [5.41, 5.74) is 2.13. The zero-order valence-corrected chi connectivity index (χ0v) is 15.0. The molecule has 0 aliphatic carbocycles. The molecule has 0 aliphatic heterocycles. The van der Waals surface area contributed by atoms with Crippen LogP contribution in [-0.4, -0.2) is 20.4 Å². The Morgan fingerprint density at radius 1 is 0.500 bits per heavy atom. The summed E-state index contributed by atoms with van der Waals surface area (Å²) in [4.78, 5) is 1.68. The highest BCUT2D eigenvalue weighted by molar-refractivity contribution is 7.21. The highest BCUT2D eigenvalue weighted by Gasteiger charge is 2.22. The first-order valence-corrected chi connectivity index (χ1v) is 9.52. The molecule has 0 unspecified atom stereocenters. The SMILES string of the molecule is Oc1cccc(O)c1-c1ccsc1-c1sccc1-c1c(O)cccc1O. The van der Waals surface area contributed by atoms with E-state index in [4.69, 9.17) is 0 Å². The second kappa shape index (κ2) is 6.40. The molecule has 130 valence electrons. The normalized spacial score (nSPS) is 10.9. The van der Waals surface area contributed by atoms with Gasteiger partial charge in [-0.25, -0.2) is 0 Å². The van der Waals surface area contributed by atoms with E-state index in [0.29, 0.717) is 22.3 Å². The zero-order valence-electron chi connectivity index (χ0n) is 13.4. The Hall–Kier alpha value is -2.96. The van der Waals surface area contributed by atoms with Gasteiger partial charge < -0.3 is 20.4 Å². The average Bonchev–Trinajstić information content (AvgIpc) is 3.24. The molecule has 0 fully saturated rings. The van der Waals surface area contributed by atoms with Crippen molar-refractivity contribution >= 4 is 22.7 Å². The molecule has 2 aromatic carbocycles. The van der Waals surface area contributed by atoms with Gasteiger partial charge in [-0.05, 0) is 47.2 Å². The van der Waals surface area contributed by atoms with Crippen molar-refractivity contribution in [2.45, 2.75) is 0 Å². The van der Waals surface area contributed by atoms with E-state index in [2.05, 4.69) is 0 Å². The molecule has 0 saturated carbocycles. The summed E-state index contributed by atoms with van der Waals surface area (Å²) in [5, 5.41) is 44.7. The molecule has 0 atom stereocenters. The molecule has 0 saturated heterocycles. The van der Waals surface area contributed by atoms with E-state index in [9.17, 15) is 20.4 Å². The molecule has 2 heterocycles. The van der Waals surface area contributed by atoms with E-state index in [1.165, 1.54) is 46.9 Å². The van der Waals surface area contributed by atoms with Crippen LogP contribution in [0.15, 0.2) is 59.3 Å². The predicted octanol–water partition coefficient (Wildman–Crippen LogP) is 5.63. The summed E-state index contributed by atoms with van der Waals surface area (Å²) in [6.45, 7) is 0.